The molecule has 11 heteroatoms. The van der Waals surface area contributed by atoms with Crippen molar-refractivity contribution in [2.24, 2.45) is 0 Å². The van der Waals surface area contributed by atoms with Crippen LogP contribution < -0.4 is 5.32 Å². The lowest BCUT2D eigenvalue weighted by molar-refractivity contribution is -0.0143. The minimum atomic E-state index is -0.652. The predicted octanol–water partition coefficient (Wildman–Crippen LogP) is 1.56. The van der Waals surface area contributed by atoms with Gasteiger partial charge in [-0.25, -0.2) is 14.2 Å². The standard InChI is InChI=1S/C22H26FN7O3/c1-13-8-19-17(12-29(13)22(33)25-16-4-5-18(23)15(9-16)10-24)20-21(32)27(3)28(11-14(2)31)6-7-30(20)26-19/h4-5,9,13-14,31H,6-8,11-12H2,1-3H3,(H,25,33)/t13-,14?/m1/s1. The third kappa shape index (κ3) is 4.27. The number of hydrazine groups is 1. The Labute approximate surface area is 190 Å². The number of carbonyl (C=O) groups excluding carboxylic acids is 2. The number of rotatable bonds is 3. The number of β-amino-alcohol motifs (C(OH)–C–C–N with tert-alkyl or cyclic N) is 1. The summed E-state index contributed by atoms with van der Waals surface area (Å²) in [6, 6.07) is 5.00. The first-order valence-corrected chi connectivity index (χ1v) is 10.8. The molecular formula is C22H26FN7O3. The molecule has 0 saturated carbocycles. The topological polar surface area (TPSA) is 118 Å². The normalized spacial score (nSPS) is 19.4. The third-order valence-corrected chi connectivity index (χ3v) is 6.05. The van der Waals surface area contributed by atoms with E-state index in [2.05, 4.69) is 10.4 Å². The Hall–Kier alpha value is -3.49. The molecule has 10 nitrogen and oxygen atoms in total. The Morgan fingerprint density at radius 3 is 2.88 bits per heavy atom. The fraction of sp³-hybridized carbons (Fsp3) is 0.455. The second kappa shape index (κ2) is 8.80. The van der Waals surface area contributed by atoms with Crippen molar-refractivity contribution >= 4 is 17.6 Å². The summed E-state index contributed by atoms with van der Waals surface area (Å²) in [6.45, 7) is 5.09. The summed E-state index contributed by atoms with van der Waals surface area (Å²) < 4.78 is 15.3. The molecule has 4 rings (SSSR count). The third-order valence-electron chi connectivity index (χ3n) is 6.05. The minimum Gasteiger partial charge on any atom is -0.392 e. The molecule has 0 radical (unpaired) electrons. The number of aliphatic hydroxyl groups excluding tert-OH is 1. The number of amides is 3. The molecule has 1 unspecified atom stereocenters. The van der Waals surface area contributed by atoms with Gasteiger partial charge < -0.3 is 15.3 Å². The van der Waals surface area contributed by atoms with Gasteiger partial charge in [-0.2, -0.15) is 10.4 Å². The Kier molecular flexibility index (Phi) is 6.05. The lowest BCUT2D eigenvalue weighted by Crippen LogP contribution is -2.47. The van der Waals surface area contributed by atoms with Crippen LogP contribution in [0.25, 0.3) is 0 Å². The summed E-state index contributed by atoms with van der Waals surface area (Å²) in [4.78, 5) is 27.9. The average molecular weight is 455 g/mol. The van der Waals surface area contributed by atoms with Crippen molar-refractivity contribution in [1.29, 1.82) is 5.26 Å². The number of fused-ring (bicyclic) bond motifs is 3. The van der Waals surface area contributed by atoms with Crippen LogP contribution in [0, 0.1) is 17.1 Å². The summed E-state index contributed by atoms with van der Waals surface area (Å²) >= 11 is 0. The monoisotopic (exact) mass is 455 g/mol. The van der Waals surface area contributed by atoms with Gasteiger partial charge in [0, 0.05) is 43.9 Å². The van der Waals surface area contributed by atoms with Crippen LogP contribution in [0.1, 0.15) is 41.2 Å². The van der Waals surface area contributed by atoms with E-state index in [1.165, 1.54) is 17.1 Å². The number of halogens is 1. The van der Waals surface area contributed by atoms with Crippen LogP contribution in [0.2, 0.25) is 0 Å². The van der Waals surface area contributed by atoms with Gasteiger partial charge in [0.05, 0.1) is 30.5 Å². The van der Waals surface area contributed by atoms with Crippen LogP contribution in [0.3, 0.4) is 0 Å². The number of hydrogen-bond acceptors (Lipinski definition) is 6. The van der Waals surface area contributed by atoms with Crippen molar-refractivity contribution in [1.82, 2.24) is 24.7 Å². The molecule has 174 valence electrons. The summed E-state index contributed by atoms with van der Waals surface area (Å²) in [6.07, 6.45) is -0.100. The van der Waals surface area contributed by atoms with Gasteiger partial charge in [0.15, 0.2) is 0 Å². The zero-order chi connectivity index (χ0) is 23.9. The van der Waals surface area contributed by atoms with Crippen molar-refractivity contribution < 1.29 is 19.1 Å². The van der Waals surface area contributed by atoms with Crippen molar-refractivity contribution in [3.63, 3.8) is 0 Å². The average Bonchev–Trinajstić information content (AvgIpc) is 3.07. The zero-order valence-corrected chi connectivity index (χ0v) is 18.7. The quantitative estimate of drug-likeness (QED) is 0.725. The molecule has 0 aliphatic carbocycles. The van der Waals surface area contributed by atoms with Gasteiger partial charge in [-0.05, 0) is 32.0 Å². The highest BCUT2D eigenvalue weighted by molar-refractivity contribution is 5.95. The zero-order valence-electron chi connectivity index (χ0n) is 18.7. The fourth-order valence-electron chi connectivity index (χ4n) is 4.31. The second-order valence-electron chi connectivity index (χ2n) is 8.51. The maximum Gasteiger partial charge on any atom is 0.322 e. The predicted molar refractivity (Wildman–Crippen MR) is 116 cm³/mol. The molecule has 2 atom stereocenters. The number of nitrogens with one attached hydrogen (secondary N) is 1. The number of hydrogen-bond donors (Lipinski definition) is 2. The molecule has 2 aliphatic heterocycles. The summed E-state index contributed by atoms with van der Waals surface area (Å²) in [5, 5.41) is 29.4. The Bertz CT molecular complexity index is 1140. The molecule has 1 aromatic heterocycles. The van der Waals surface area contributed by atoms with E-state index in [0.29, 0.717) is 43.0 Å². The first-order valence-electron chi connectivity index (χ1n) is 10.8. The van der Waals surface area contributed by atoms with Crippen LogP contribution in [0.4, 0.5) is 14.9 Å². The van der Waals surface area contributed by atoms with Gasteiger partial charge in [-0.1, -0.05) is 0 Å². The van der Waals surface area contributed by atoms with Crippen LogP contribution in [0.15, 0.2) is 18.2 Å². The molecule has 3 heterocycles. The number of anilines is 1. The lowest BCUT2D eigenvalue weighted by atomic mass is 9.99. The van der Waals surface area contributed by atoms with Crippen LogP contribution >= 0.6 is 0 Å². The number of benzene rings is 1. The van der Waals surface area contributed by atoms with E-state index in [1.807, 2.05) is 6.92 Å². The van der Waals surface area contributed by atoms with Crippen molar-refractivity contribution in [3.05, 3.63) is 46.5 Å². The number of aromatic nitrogens is 2. The summed E-state index contributed by atoms with van der Waals surface area (Å²) in [7, 11) is 1.66. The molecule has 2 aliphatic rings. The number of urea groups is 1. The molecule has 2 aromatic rings. The van der Waals surface area contributed by atoms with E-state index in [1.54, 1.807) is 34.6 Å². The van der Waals surface area contributed by atoms with Gasteiger partial charge >= 0.3 is 6.03 Å². The molecular weight excluding hydrogens is 429 g/mol. The maximum absolute atomic E-state index is 13.6. The molecule has 33 heavy (non-hydrogen) atoms. The van der Waals surface area contributed by atoms with E-state index in [-0.39, 0.29) is 24.1 Å². The number of carbonyl (C=O) groups is 2. The molecule has 0 spiro atoms. The van der Waals surface area contributed by atoms with Gasteiger partial charge in [0.25, 0.3) is 5.91 Å². The minimum absolute atomic E-state index is 0.154. The van der Waals surface area contributed by atoms with Gasteiger partial charge in [-0.3, -0.25) is 14.5 Å². The Morgan fingerprint density at radius 2 is 2.18 bits per heavy atom. The van der Waals surface area contributed by atoms with E-state index in [4.69, 9.17) is 5.26 Å². The summed E-state index contributed by atoms with van der Waals surface area (Å²) in [5.41, 5.74) is 2.10. The lowest BCUT2D eigenvalue weighted by Gasteiger charge is -2.34. The largest absolute Gasteiger partial charge is 0.392 e. The maximum atomic E-state index is 13.6. The molecule has 0 bridgehead atoms. The van der Waals surface area contributed by atoms with Crippen molar-refractivity contribution in [2.75, 3.05) is 25.5 Å². The highest BCUT2D eigenvalue weighted by atomic mass is 19.1. The van der Waals surface area contributed by atoms with E-state index in [0.717, 1.165) is 11.8 Å². The van der Waals surface area contributed by atoms with E-state index < -0.39 is 18.0 Å². The number of aliphatic hydroxyl groups is 1. The molecule has 0 fully saturated rings. The van der Waals surface area contributed by atoms with Crippen LogP contribution in [-0.2, 0) is 19.5 Å². The van der Waals surface area contributed by atoms with Crippen LogP contribution in [-0.4, -0.2) is 74.0 Å². The smallest absolute Gasteiger partial charge is 0.322 e. The SMILES string of the molecule is CC(O)CN1CCn2nc3c(c2C(=O)N1C)CN(C(=O)Nc1ccc(F)c(C#N)c1)[C@H](C)C3. The molecule has 0 saturated heterocycles. The number of nitriles is 1. The molecule has 2 N–H and O–H groups in total. The van der Waals surface area contributed by atoms with Gasteiger partial charge in [0.1, 0.15) is 17.6 Å². The Balaban J connectivity index is 1.58. The Morgan fingerprint density at radius 1 is 1.42 bits per heavy atom. The first kappa shape index (κ1) is 22.7. The second-order valence-corrected chi connectivity index (χ2v) is 8.51. The van der Waals surface area contributed by atoms with Crippen LogP contribution in [0.5, 0.6) is 0 Å². The summed E-state index contributed by atoms with van der Waals surface area (Å²) in [5.74, 6) is -0.893. The van der Waals surface area contributed by atoms with Gasteiger partial charge in [-0.15, -0.1) is 0 Å². The molecule has 3 amide bonds. The van der Waals surface area contributed by atoms with Crippen molar-refractivity contribution in [3.8, 4) is 6.07 Å². The van der Waals surface area contributed by atoms with E-state index in [9.17, 15) is 19.1 Å². The van der Waals surface area contributed by atoms with E-state index >= 15 is 0 Å². The highest BCUT2D eigenvalue weighted by Gasteiger charge is 2.37. The van der Waals surface area contributed by atoms with Crippen molar-refractivity contribution in [2.45, 2.75) is 45.5 Å². The number of nitrogens with zero attached hydrogens (tertiary/aromatic N) is 6. The van der Waals surface area contributed by atoms with Gasteiger partial charge in [0.2, 0.25) is 0 Å². The first-order chi connectivity index (χ1) is 15.7. The fourth-order valence-corrected chi connectivity index (χ4v) is 4.31. The highest BCUT2D eigenvalue weighted by Crippen LogP contribution is 2.29. The molecule has 1 aromatic carbocycles.